The lowest BCUT2D eigenvalue weighted by atomic mass is 9.72. The van der Waals surface area contributed by atoms with Crippen LogP contribution in [0.15, 0.2) is 54.8 Å². The summed E-state index contributed by atoms with van der Waals surface area (Å²) in [6.07, 6.45) is -26.4. The van der Waals surface area contributed by atoms with Crippen LogP contribution < -0.4 is 20.3 Å². The van der Waals surface area contributed by atoms with Gasteiger partial charge < -0.3 is 140 Å². The topological polar surface area (TPSA) is 542 Å². The summed E-state index contributed by atoms with van der Waals surface area (Å²) in [4.78, 5) is 27.0. The van der Waals surface area contributed by atoms with Crippen LogP contribution in [0.2, 0.25) is 0 Å². The Labute approximate surface area is 458 Å². The molecule has 0 amide bonds. The van der Waals surface area contributed by atoms with Crippen molar-refractivity contribution in [1.29, 1.82) is 0 Å². The molecule has 22 N–H and O–H groups in total. The van der Waals surface area contributed by atoms with Crippen LogP contribution in [0.3, 0.4) is 0 Å². The van der Waals surface area contributed by atoms with Gasteiger partial charge in [-0.25, -0.2) is 0 Å². The molecule has 4 fully saturated rings. The number of phenols is 6. The molecule has 3 unspecified atom stereocenters. The smallest absolute Gasteiger partial charge is 0.229 e. The Kier molecular flexibility index (Phi) is 17.1. The zero-order valence-corrected chi connectivity index (χ0v) is 42.4. The molecule has 2 saturated carbocycles. The molecular formula is C52H60O30. The van der Waals surface area contributed by atoms with Gasteiger partial charge in [0.2, 0.25) is 23.4 Å². The fraction of sp³-hybridized carbons (Fsp3) is 0.500. The van der Waals surface area contributed by atoms with Crippen molar-refractivity contribution < 1.29 is 140 Å². The third-order valence-electron chi connectivity index (χ3n) is 15.8. The molecule has 2 aliphatic heterocycles. The molecule has 0 radical (unpaired) electrons. The lowest BCUT2D eigenvalue weighted by molar-refractivity contribution is -0.277. The van der Waals surface area contributed by atoms with E-state index in [1.54, 1.807) is 0 Å². The molecule has 2 saturated heterocycles. The number of benzene rings is 4. The predicted octanol–water partition coefficient (Wildman–Crippen LogP) is -5.16. The monoisotopic (exact) mass is 1160 g/mol. The summed E-state index contributed by atoms with van der Waals surface area (Å²) < 4.78 is 32.8. The van der Waals surface area contributed by atoms with E-state index in [4.69, 9.17) is 27.8 Å². The molecule has 448 valence electrons. The number of aromatic hydroxyl groups is 6. The van der Waals surface area contributed by atoms with Gasteiger partial charge in [0.1, 0.15) is 117 Å². The molecule has 10 rings (SSSR count). The third kappa shape index (κ3) is 10.3. The summed E-state index contributed by atoms with van der Waals surface area (Å²) in [5.74, 6) is -9.05. The van der Waals surface area contributed by atoms with Gasteiger partial charge in [0.05, 0.1) is 48.4 Å². The zero-order valence-electron chi connectivity index (χ0n) is 42.4. The molecule has 30 nitrogen and oxygen atoms in total. The van der Waals surface area contributed by atoms with Crippen molar-refractivity contribution in [3.63, 3.8) is 0 Å². The predicted molar refractivity (Wildman–Crippen MR) is 271 cm³/mol. The van der Waals surface area contributed by atoms with Gasteiger partial charge in [0, 0.05) is 72.3 Å². The van der Waals surface area contributed by atoms with Gasteiger partial charge >= 0.3 is 0 Å². The van der Waals surface area contributed by atoms with Crippen LogP contribution in [0.5, 0.6) is 46.0 Å². The van der Waals surface area contributed by atoms with Gasteiger partial charge in [-0.1, -0.05) is 0 Å². The number of phenolic OH excluding ortho intramolecular Hbond substituents is 6. The van der Waals surface area contributed by atoms with Gasteiger partial charge in [0.15, 0.2) is 23.0 Å². The molecule has 2 aromatic heterocycles. The highest BCUT2D eigenvalue weighted by Gasteiger charge is 2.49. The minimum Gasteiger partial charge on any atom is -0.507 e. The maximum Gasteiger partial charge on any atom is 0.229 e. The second-order valence-electron chi connectivity index (χ2n) is 20.7. The van der Waals surface area contributed by atoms with Crippen LogP contribution in [0.4, 0.5) is 0 Å². The lowest BCUT2D eigenvalue weighted by Crippen LogP contribution is -2.60. The van der Waals surface area contributed by atoms with Crippen molar-refractivity contribution in [2.75, 3.05) is 26.4 Å². The van der Waals surface area contributed by atoms with Crippen molar-refractivity contribution >= 4 is 43.9 Å². The molecular weight excluding hydrogens is 1100 g/mol. The number of hydrogen-bond acceptors (Lipinski definition) is 30. The normalized spacial score (nSPS) is 34.2. The van der Waals surface area contributed by atoms with E-state index in [1.807, 2.05) is 0 Å². The first-order valence-electron chi connectivity index (χ1n) is 25.4. The number of ether oxygens (including phenoxy) is 4. The Hall–Kier alpha value is -6.50. The Morgan fingerprint density at radius 1 is 0.390 bits per heavy atom. The fourth-order valence-corrected chi connectivity index (χ4v) is 11.1. The SMILES string of the molecule is O=c1c2cc(O)c(O[C@@H]3O[C@H](CO)[C@@H](O)[C@H](O)[C@H]3O)cc2oc2cc(O)c(C3C[C@H](CO)[C@@H](O)[C@H](O)[C@H]3O)c(O)c12.O=c1c2cc(OC3O[C@H](CO)[C@@H](O)[C@H](O)[C@H]3O)c(O)cc2oc2cc(O)c(C3C[C@H](CO)[C@@H](O)[C@H](O)[C@H]3O)c(O)c12. The van der Waals surface area contributed by atoms with E-state index in [2.05, 4.69) is 0 Å². The molecule has 2 aliphatic carbocycles. The second kappa shape index (κ2) is 23.3. The van der Waals surface area contributed by atoms with Crippen molar-refractivity contribution in [2.24, 2.45) is 11.8 Å². The maximum atomic E-state index is 13.6. The molecule has 4 aliphatic rings. The Balaban J connectivity index is 0.000000198. The number of aliphatic hydroxyl groups excluding tert-OH is 16. The summed E-state index contributed by atoms with van der Waals surface area (Å²) in [6.45, 7) is -2.58. The van der Waals surface area contributed by atoms with Crippen molar-refractivity contribution in [2.45, 2.75) is 123 Å². The van der Waals surface area contributed by atoms with Gasteiger partial charge in [-0.15, -0.1) is 0 Å². The van der Waals surface area contributed by atoms with E-state index in [0.717, 1.165) is 36.4 Å². The summed E-state index contributed by atoms with van der Waals surface area (Å²) in [6, 6.07) is 5.95. The standard InChI is InChI=1S/2C26H30O15/c27-5-7-1-9(20(33)23(36)18(7)31)16-11(30)4-14-17(22(16)35)19(32)8-2-13(10(29)3-12(8)39-14)40-26-25(38)24(37)21(34)15(6-28)41-26;27-5-7-1-9(20(33)23(36)18(7)31)16-11(30)3-14-17(22(16)35)19(32)8-2-10(29)13(4-12(8)39-14)40-26-25(38)24(37)21(34)15(6-28)41-26/h2*2-4,7,9,15,18,20-21,23-31,33-38H,1,5-6H2/t7-,9?,15-,18-,20+,21-,23+,24+,25-,26?;7-,9?,15-,18-,20+,21-,23+,24+,25-,26-/m11/s1. The number of aliphatic hydroxyl groups is 16. The summed E-state index contributed by atoms with van der Waals surface area (Å²) in [5, 5.41) is 224. The highest BCUT2D eigenvalue weighted by molar-refractivity contribution is 5.97. The fourth-order valence-electron chi connectivity index (χ4n) is 11.1. The highest BCUT2D eigenvalue weighted by Crippen LogP contribution is 2.49. The molecule has 20 atom stereocenters. The second-order valence-corrected chi connectivity index (χ2v) is 20.7. The first kappa shape index (κ1) is 60.1. The van der Waals surface area contributed by atoms with Crippen LogP contribution in [-0.4, -0.2) is 237 Å². The van der Waals surface area contributed by atoms with Crippen LogP contribution in [0, 0.1) is 11.8 Å². The molecule has 82 heavy (non-hydrogen) atoms. The van der Waals surface area contributed by atoms with Gasteiger partial charge in [0.25, 0.3) is 0 Å². The van der Waals surface area contributed by atoms with Crippen molar-refractivity contribution in [3.8, 4) is 46.0 Å². The Morgan fingerprint density at radius 2 is 0.744 bits per heavy atom. The summed E-state index contributed by atoms with van der Waals surface area (Å²) in [5.41, 5.74) is -3.39. The van der Waals surface area contributed by atoms with E-state index in [-0.39, 0.29) is 62.8 Å². The lowest BCUT2D eigenvalue weighted by Gasteiger charge is -2.40. The molecule has 6 aromatic rings. The summed E-state index contributed by atoms with van der Waals surface area (Å²) in [7, 11) is 0. The third-order valence-corrected chi connectivity index (χ3v) is 15.8. The largest absolute Gasteiger partial charge is 0.507 e. The molecule has 30 heteroatoms. The maximum absolute atomic E-state index is 13.6. The molecule has 0 spiro atoms. The van der Waals surface area contributed by atoms with Crippen LogP contribution in [0.1, 0.15) is 35.8 Å². The zero-order chi connectivity index (χ0) is 59.8. The molecule has 4 aromatic carbocycles. The minimum atomic E-state index is -1.82. The minimum absolute atomic E-state index is 0.152. The van der Waals surface area contributed by atoms with Crippen LogP contribution in [0.25, 0.3) is 43.9 Å². The Bertz CT molecular complexity index is 3450. The average Bonchev–Trinajstić information content (AvgIpc) is 3.33. The van der Waals surface area contributed by atoms with E-state index in [9.17, 15) is 122 Å². The van der Waals surface area contributed by atoms with Gasteiger partial charge in [-0.3, -0.25) is 9.59 Å². The average molecular weight is 1170 g/mol. The first-order valence-corrected chi connectivity index (χ1v) is 25.4. The first-order chi connectivity index (χ1) is 38.8. The summed E-state index contributed by atoms with van der Waals surface area (Å²) >= 11 is 0. The van der Waals surface area contributed by atoms with E-state index >= 15 is 0 Å². The van der Waals surface area contributed by atoms with Crippen molar-refractivity contribution in [3.05, 3.63) is 68.0 Å². The van der Waals surface area contributed by atoms with E-state index in [0.29, 0.717) is 0 Å². The van der Waals surface area contributed by atoms with E-state index < -0.39 is 210 Å². The Morgan fingerprint density at radius 3 is 1.15 bits per heavy atom. The van der Waals surface area contributed by atoms with Crippen LogP contribution >= 0.6 is 0 Å². The van der Waals surface area contributed by atoms with E-state index in [1.165, 1.54) is 0 Å². The van der Waals surface area contributed by atoms with Gasteiger partial charge in [-0.2, -0.15) is 0 Å². The van der Waals surface area contributed by atoms with Gasteiger partial charge in [-0.05, 0) is 25.0 Å². The van der Waals surface area contributed by atoms with Crippen LogP contribution in [-0.2, 0) is 9.47 Å². The highest BCUT2D eigenvalue weighted by atomic mass is 16.7. The molecule has 4 heterocycles. The van der Waals surface area contributed by atoms with Crippen molar-refractivity contribution in [1.82, 2.24) is 0 Å². The number of fused-ring (bicyclic) bond motifs is 4. The quantitative estimate of drug-likeness (QED) is 0.0570. The number of rotatable bonds is 10. The molecule has 0 bridgehead atoms. The number of hydrogen-bond donors (Lipinski definition) is 22.